The third-order valence-electron chi connectivity index (χ3n) is 2.26. The molecule has 2 aromatic heterocycles. The summed E-state index contributed by atoms with van der Waals surface area (Å²) >= 11 is 5.77. The Bertz CT molecular complexity index is 448. The van der Waals surface area contributed by atoms with Gasteiger partial charge in [-0.25, -0.2) is 9.97 Å². The fourth-order valence-corrected chi connectivity index (χ4v) is 1.74. The van der Waals surface area contributed by atoms with Gasteiger partial charge in [-0.05, 0) is 31.0 Å². The van der Waals surface area contributed by atoms with Crippen LogP contribution in [0.3, 0.4) is 0 Å². The topological polar surface area (TPSA) is 55.6 Å². The van der Waals surface area contributed by atoms with Crippen molar-refractivity contribution in [3.63, 3.8) is 0 Å². The average Bonchev–Trinajstić information content (AvgIpc) is 2.76. The van der Waals surface area contributed by atoms with Crippen LogP contribution in [0.5, 0.6) is 0 Å². The summed E-state index contributed by atoms with van der Waals surface area (Å²) in [7, 11) is 0. The van der Waals surface area contributed by atoms with E-state index in [4.69, 9.17) is 11.6 Å². The van der Waals surface area contributed by atoms with Crippen LogP contribution in [0.2, 0.25) is 5.28 Å². The molecular weight excluding hydrogens is 238 g/mol. The van der Waals surface area contributed by atoms with Gasteiger partial charge < -0.3 is 5.32 Å². The van der Waals surface area contributed by atoms with Crippen molar-refractivity contribution in [1.29, 1.82) is 0 Å². The summed E-state index contributed by atoms with van der Waals surface area (Å²) in [4.78, 5) is 8.09. The molecule has 0 unspecified atom stereocenters. The van der Waals surface area contributed by atoms with Gasteiger partial charge in [0.15, 0.2) is 0 Å². The van der Waals surface area contributed by atoms with E-state index < -0.39 is 0 Å². The molecule has 0 aliphatic carbocycles. The first kappa shape index (κ1) is 11.9. The fourth-order valence-electron chi connectivity index (χ4n) is 1.51. The van der Waals surface area contributed by atoms with E-state index in [1.807, 2.05) is 29.9 Å². The van der Waals surface area contributed by atoms with E-state index >= 15 is 0 Å². The number of hydrogen-bond acceptors (Lipinski definition) is 4. The van der Waals surface area contributed by atoms with Crippen molar-refractivity contribution in [3.8, 4) is 0 Å². The van der Waals surface area contributed by atoms with Gasteiger partial charge in [0.05, 0.1) is 0 Å². The Labute approximate surface area is 105 Å². The number of rotatable bonds is 5. The molecule has 0 bridgehead atoms. The van der Waals surface area contributed by atoms with Crippen LogP contribution < -0.4 is 5.32 Å². The van der Waals surface area contributed by atoms with Gasteiger partial charge in [0.25, 0.3) is 0 Å². The first-order valence-electron chi connectivity index (χ1n) is 5.46. The van der Waals surface area contributed by atoms with Crippen LogP contribution in [0, 0.1) is 6.92 Å². The minimum Gasteiger partial charge on any atom is -0.370 e. The maximum Gasteiger partial charge on any atom is 0.224 e. The smallest absolute Gasteiger partial charge is 0.224 e. The van der Waals surface area contributed by atoms with Gasteiger partial charge in [-0.1, -0.05) is 0 Å². The molecule has 1 N–H and O–H groups in total. The lowest BCUT2D eigenvalue weighted by molar-refractivity contribution is 0.591. The van der Waals surface area contributed by atoms with Gasteiger partial charge in [-0.15, -0.1) is 0 Å². The van der Waals surface area contributed by atoms with Gasteiger partial charge in [-0.2, -0.15) is 5.10 Å². The maximum absolute atomic E-state index is 5.77. The van der Waals surface area contributed by atoms with E-state index in [1.54, 1.807) is 6.20 Å². The summed E-state index contributed by atoms with van der Waals surface area (Å²) < 4.78 is 1.90. The summed E-state index contributed by atoms with van der Waals surface area (Å²) in [5, 5.41) is 7.62. The normalized spacial score (nSPS) is 10.5. The summed E-state index contributed by atoms with van der Waals surface area (Å²) in [6.45, 7) is 3.60. The van der Waals surface area contributed by atoms with Gasteiger partial charge in [0.1, 0.15) is 5.82 Å². The molecule has 0 spiro atoms. The second-order valence-electron chi connectivity index (χ2n) is 3.71. The molecule has 0 saturated carbocycles. The van der Waals surface area contributed by atoms with Crippen LogP contribution in [0.1, 0.15) is 12.1 Å². The molecule has 6 heteroatoms. The molecule has 0 aliphatic rings. The predicted molar refractivity (Wildman–Crippen MR) is 67.1 cm³/mol. The van der Waals surface area contributed by atoms with Crippen molar-refractivity contribution in [2.75, 3.05) is 11.9 Å². The second kappa shape index (κ2) is 5.63. The van der Waals surface area contributed by atoms with Crippen LogP contribution >= 0.6 is 11.6 Å². The van der Waals surface area contributed by atoms with Crippen molar-refractivity contribution < 1.29 is 0 Å². The first-order valence-corrected chi connectivity index (χ1v) is 5.84. The van der Waals surface area contributed by atoms with E-state index in [1.165, 1.54) is 0 Å². The highest BCUT2D eigenvalue weighted by Crippen LogP contribution is 2.09. The molecule has 2 aromatic rings. The first-order chi connectivity index (χ1) is 8.24. The molecule has 0 aromatic carbocycles. The van der Waals surface area contributed by atoms with Crippen molar-refractivity contribution >= 4 is 17.4 Å². The minimum atomic E-state index is 0.277. The van der Waals surface area contributed by atoms with Crippen LogP contribution in [-0.2, 0) is 6.54 Å². The molecule has 90 valence electrons. The largest absolute Gasteiger partial charge is 0.370 e. The quantitative estimate of drug-likeness (QED) is 0.653. The van der Waals surface area contributed by atoms with Crippen molar-refractivity contribution in [2.24, 2.45) is 0 Å². The molecule has 17 heavy (non-hydrogen) atoms. The molecule has 0 radical (unpaired) electrons. The molecule has 0 saturated heterocycles. The van der Waals surface area contributed by atoms with E-state index in [0.29, 0.717) is 0 Å². The summed E-state index contributed by atoms with van der Waals surface area (Å²) in [6, 6.07) is 3.79. The van der Waals surface area contributed by atoms with E-state index in [2.05, 4.69) is 20.4 Å². The number of nitrogens with one attached hydrogen (secondary N) is 1. The molecule has 2 rings (SSSR count). The number of aromatic nitrogens is 4. The number of hydrogen-bond donors (Lipinski definition) is 1. The fraction of sp³-hybridized carbons (Fsp3) is 0.364. The standard InChI is InChI=1S/C11H14ClN5/c1-9-8-10(16-11(12)15-9)13-4-2-6-17-7-3-5-14-17/h3,5,7-8H,2,4,6H2,1H3,(H,13,15,16). The monoisotopic (exact) mass is 251 g/mol. The highest BCUT2D eigenvalue weighted by atomic mass is 35.5. The summed E-state index contributed by atoms with van der Waals surface area (Å²) in [5.41, 5.74) is 0.861. The second-order valence-corrected chi connectivity index (χ2v) is 4.05. The Morgan fingerprint density at radius 2 is 2.29 bits per heavy atom. The Morgan fingerprint density at radius 3 is 3.00 bits per heavy atom. The van der Waals surface area contributed by atoms with Crippen LogP contribution in [0.25, 0.3) is 0 Å². The van der Waals surface area contributed by atoms with Crippen molar-refractivity contribution in [3.05, 3.63) is 35.5 Å². The molecule has 5 nitrogen and oxygen atoms in total. The number of halogens is 1. The molecule has 2 heterocycles. The van der Waals surface area contributed by atoms with E-state index in [9.17, 15) is 0 Å². The highest BCUT2D eigenvalue weighted by Gasteiger charge is 1.99. The van der Waals surface area contributed by atoms with Crippen LogP contribution in [0.4, 0.5) is 5.82 Å². The third-order valence-corrected chi connectivity index (χ3v) is 2.43. The molecule has 0 amide bonds. The zero-order valence-electron chi connectivity index (χ0n) is 9.60. The zero-order chi connectivity index (χ0) is 12.1. The van der Waals surface area contributed by atoms with Crippen molar-refractivity contribution in [2.45, 2.75) is 19.9 Å². The minimum absolute atomic E-state index is 0.277. The number of anilines is 1. The number of aryl methyl sites for hydroxylation is 2. The van der Waals surface area contributed by atoms with Gasteiger partial charge in [0, 0.05) is 37.2 Å². The molecule has 0 aliphatic heterocycles. The Hall–Kier alpha value is -1.62. The van der Waals surface area contributed by atoms with Crippen LogP contribution in [-0.4, -0.2) is 26.3 Å². The molecular formula is C11H14ClN5. The Balaban J connectivity index is 1.78. The lowest BCUT2D eigenvalue weighted by Gasteiger charge is -2.06. The summed E-state index contributed by atoms with van der Waals surface area (Å²) in [6.07, 6.45) is 4.70. The summed E-state index contributed by atoms with van der Waals surface area (Å²) in [5.74, 6) is 0.767. The Morgan fingerprint density at radius 1 is 1.41 bits per heavy atom. The van der Waals surface area contributed by atoms with Gasteiger partial charge in [0.2, 0.25) is 5.28 Å². The molecule has 0 atom stereocenters. The van der Waals surface area contributed by atoms with Gasteiger partial charge in [-0.3, -0.25) is 4.68 Å². The maximum atomic E-state index is 5.77. The Kier molecular flexibility index (Phi) is 3.93. The zero-order valence-corrected chi connectivity index (χ0v) is 10.4. The lowest BCUT2D eigenvalue weighted by Crippen LogP contribution is -2.08. The van der Waals surface area contributed by atoms with Gasteiger partial charge >= 0.3 is 0 Å². The third kappa shape index (κ3) is 3.71. The molecule has 0 fully saturated rings. The lowest BCUT2D eigenvalue weighted by atomic mass is 10.4. The average molecular weight is 252 g/mol. The van der Waals surface area contributed by atoms with Crippen LogP contribution in [0.15, 0.2) is 24.5 Å². The van der Waals surface area contributed by atoms with Crippen molar-refractivity contribution in [1.82, 2.24) is 19.7 Å². The SMILES string of the molecule is Cc1cc(NCCCn2cccn2)nc(Cl)n1. The highest BCUT2D eigenvalue weighted by molar-refractivity contribution is 6.28. The van der Waals surface area contributed by atoms with E-state index in [-0.39, 0.29) is 5.28 Å². The number of nitrogens with zero attached hydrogens (tertiary/aromatic N) is 4. The van der Waals surface area contributed by atoms with E-state index in [0.717, 1.165) is 31.0 Å². The predicted octanol–water partition coefficient (Wildman–Crippen LogP) is 2.14.